The highest BCUT2D eigenvalue weighted by atomic mass is 32.1. The summed E-state index contributed by atoms with van der Waals surface area (Å²) in [6.07, 6.45) is 1.82. The van der Waals surface area contributed by atoms with E-state index in [9.17, 15) is 4.79 Å². The molecular formula is C10H8OS2. The molecule has 0 saturated heterocycles. The van der Waals surface area contributed by atoms with Crippen LogP contribution in [-0.4, -0.2) is 6.29 Å². The lowest BCUT2D eigenvalue weighted by atomic mass is 10.2. The van der Waals surface area contributed by atoms with Gasteiger partial charge in [0.2, 0.25) is 0 Å². The van der Waals surface area contributed by atoms with Crippen LogP contribution in [0.4, 0.5) is 0 Å². The van der Waals surface area contributed by atoms with E-state index in [2.05, 4.69) is 11.4 Å². The first kappa shape index (κ1) is 8.66. The van der Waals surface area contributed by atoms with Crippen molar-refractivity contribution in [3.63, 3.8) is 0 Å². The molecule has 1 nitrogen and oxygen atoms in total. The largest absolute Gasteiger partial charge is 0.297 e. The summed E-state index contributed by atoms with van der Waals surface area (Å²) in [4.78, 5) is 12.8. The number of rotatable bonds is 3. The van der Waals surface area contributed by atoms with E-state index in [0.717, 1.165) is 23.1 Å². The highest BCUT2D eigenvalue weighted by Crippen LogP contribution is 2.20. The van der Waals surface area contributed by atoms with Crippen LogP contribution >= 0.6 is 22.7 Å². The lowest BCUT2D eigenvalue weighted by Crippen LogP contribution is -1.85. The fourth-order valence-corrected chi connectivity index (χ4v) is 2.65. The summed E-state index contributed by atoms with van der Waals surface area (Å²) in [5, 5.41) is 4.02. The third kappa shape index (κ3) is 1.87. The second-order valence-electron chi connectivity index (χ2n) is 2.68. The third-order valence-electron chi connectivity index (χ3n) is 1.83. The van der Waals surface area contributed by atoms with Crippen LogP contribution in [0.1, 0.15) is 20.1 Å². The second-order valence-corrected chi connectivity index (χ2v) is 4.66. The van der Waals surface area contributed by atoms with Crippen LogP contribution in [0.3, 0.4) is 0 Å². The van der Waals surface area contributed by atoms with Crippen molar-refractivity contribution in [3.05, 3.63) is 44.3 Å². The second kappa shape index (κ2) is 3.85. The molecule has 0 saturated carbocycles. The molecule has 0 amide bonds. The van der Waals surface area contributed by atoms with Crippen molar-refractivity contribution in [2.45, 2.75) is 6.42 Å². The molecule has 0 radical (unpaired) electrons. The smallest absolute Gasteiger partial charge is 0.160 e. The van der Waals surface area contributed by atoms with Gasteiger partial charge in [0.05, 0.1) is 4.88 Å². The van der Waals surface area contributed by atoms with Crippen molar-refractivity contribution in [3.8, 4) is 0 Å². The highest BCUT2D eigenvalue weighted by Gasteiger charge is 2.04. The molecular weight excluding hydrogens is 200 g/mol. The molecule has 2 rings (SSSR count). The first-order valence-electron chi connectivity index (χ1n) is 3.94. The van der Waals surface area contributed by atoms with Crippen molar-refractivity contribution < 1.29 is 4.79 Å². The van der Waals surface area contributed by atoms with Gasteiger partial charge in [-0.3, -0.25) is 4.79 Å². The molecule has 3 heteroatoms. The Balaban J connectivity index is 2.23. The molecule has 0 aliphatic rings. The monoisotopic (exact) mass is 208 g/mol. The minimum absolute atomic E-state index is 0.855. The van der Waals surface area contributed by atoms with Gasteiger partial charge in [0.15, 0.2) is 6.29 Å². The van der Waals surface area contributed by atoms with Gasteiger partial charge in [0, 0.05) is 11.3 Å². The van der Waals surface area contributed by atoms with Crippen LogP contribution < -0.4 is 0 Å². The summed E-state index contributed by atoms with van der Waals surface area (Å²) in [5.41, 5.74) is 1.14. The van der Waals surface area contributed by atoms with Gasteiger partial charge in [0.1, 0.15) is 0 Å². The number of hydrogen-bond acceptors (Lipinski definition) is 3. The van der Waals surface area contributed by atoms with E-state index in [4.69, 9.17) is 0 Å². The Labute approximate surface area is 84.7 Å². The summed E-state index contributed by atoms with van der Waals surface area (Å²) in [6.45, 7) is 0. The SMILES string of the molecule is O=Cc1sccc1Cc1cccs1. The van der Waals surface area contributed by atoms with E-state index in [1.165, 1.54) is 16.2 Å². The molecule has 0 aromatic carbocycles. The number of carbonyl (C=O) groups excluding carboxylic acids is 1. The van der Waals surface area contributed by atoms with Gasteiger partial charge in [-0.25, -0.2) is 0 Å². The first-order valence-corrected chi connectivity index (χ1v) is 5.70. The summed E-state index contributed by atoms with van der Waals surface area (Å²) < 4.78 is 0. The molecule has 0 aliphatic heterocycles. The van der Waals surface area contributed by atoms with Crippen molar-refractivity contribution in [1.82, 2.24) is 0 Å². The van der Waals surface area contributed by atoms with Gasteiger partial charge < -0.3 is 0 Å². The Morgan fingerprint density at radius 1 is 1.23 bits per heavy atom. The average molecular weight is 208 g/mol. The Morgan fingerprint density at radius 2 is 2.15 bits per heavy atom. The summed E-state index contributed by atoms with van der Waals surface area (Å²) in [6, 6.07) is 6.15. The van der Waals surface area contributed by atoms with E-state index in [1.54, 1.807) is 11.3 Å². The number of aldehydes is 1. The Morgan fingerprint density at radius 3 is 2.85 bits per heavy atom. The van der Waals surface area contributed by atoms with Gasteiger partial charge in [-0.15, -0.1) is 22.7 Å². The molecule has 0 bridgehead atoms. The average Bonchev–Trinajstić information content (AvgIpc) is 2.76. The van der Waals surface area contributed by atoms with Crippen molar-refractivity contribution in [2.24, 2.45) is 0 Å². The molecule has 0 atom stereocenters. The van der Waals surface area contributed by atoms with Crippen molar-refractivity contribution >= 4 is 29.0 Å². The highest BCUT2D eigenvalue weighted by molar-refractivity contribution is 7.12. The number of hydrogen-bond donors (Lipinski definition) is 0. The molecule has 66 valence electrons. The predicted octanol–water partition coefficient (Wildman–Crippen LogP) is 3.21. The molecule has 2 aromatic heterocycles. The topological polar surface area (TPSA) is 17.1 Å². The molecule has 2 heterocycles. The van der Waals surface area contributed by atoms with Gasteiger partial charge in [-0.2, -0.15) is 0 Å². The zero-order valence-electron chi connectivity index (χ0n) is 6.90. The van der Waals surface area contributed by atoms with E-state index < -0.39 is 0 Å². The van der Waals surface area contributed by atoms with Crippen LogP contribution in [0.2, 0.25) is 0 Å². The van der Waals surface area contributed by atoms with Gasteiger partial charge in [-0.1, -0.05) is 6.07 Å². The summed E-state index contributed by atoms with van der Waals surface area (Å²) in [5.74, 6) is 0. The van der Waals surface area contributed by atoms with Crippen LogP contribution in [0.5, 0.6) is 0 Å². The van der Waals surface area contributed by atoms with Gasteiger partial charge in [0.25, 0.3) is 0 Å². The van der Waals surface area contributed by atoms with Crippen LogP contribution in [0.25, 0.3) is 0 Å². The van der Waals surface area contributed by atoms with Crippen molar-refractivity contribution in [2.75, 3.05) is 0 Å². The zero-order valence-corrected chi connectivity index (χ0v) is 8.53. The molecule has 0 aliphatic carbocycles. The summed E-state index contributed by atoms with van der Waals surface area (Å²) in [7, 11) is 0. The van der Waals surface area contributed by atoms with E-state index in [0.29, 0.717) is 0 Å². The van der Waals surface area contributed by atoms with Crippen LogP contribution in [0.15, 0.2) is 29.0 Å². The molecule has 0 spiro atoms. The van der Waals surface area contributed by atoms with Crippen LogP contribution in [-0.2, 0) is 6.42 Å². The summed E-state index contributed by atoms with van der Waals surface area (Å²) >= 11 is 3.24. The number of carbonyl (C=O) groups is 1. The van der Waals surface area contributed by atoms with E-state index in [-0.39, 0.29) is 0 Å². The van der Waals surface area contributed by atoms with Gasteiger partial charge in [-0.05, 0) is 28.5 Å². The van der Waals surface area contributed by atoms with Crippen LogP contribution in [0, 0.1) is 0 Å². The lowest BCUT2D eigenvalue weighted by Gasteiger charge is -1.94. The normalized spacial score (nSPS) is 10.2. The first-order chi connectivity index (χ1) is 6.40. The number of thiophene rings is 2. The maximum Gasteiger partial charge on any atom is 0.160 e. The van der Waals surface area contributed by atoms with Crippen molar-refractivity contribution in [1.29, 1.82) is 0 Å². The zero-order chi connectivity index (χ0) is 9.10. The van der Waals surface area contributed by atoms with Gasteiger partial charge >= 0.3 is 0 Å². The minimum Gasteiger partial charge on any atom is -0.297 e. The fourth-order valence-electron chi connectivity index (χ4n) is 1.20. The third-order valence-corrected chi connectivity index (χ3v) is 3.59. The fraction of sp³-hybridized carbons (Fsp3) is 0.100. The Kier molecular flexibility index (Phi) is 2.57. The van der Waals surface area contributed by atoms with E-state index >= 15 is 0 Å². The quantitative estimate of drug-likeness (QED) is 0.708. The Hall–Kier alpha value is -0.930. The molecule has 0 N–H and O–H groups in total. The minimum atomic E-state index is 0.855. The van der Waals surface area contributed by atoms with E-state index in [1.807, 2.05) is 17.5 Å². The molecule has 13 heavy (non-hydrogen) atoms. The maximum absolute atomic E-state index is 10.6. The molecule has 0 unspecified atom stereocenters. The standard InChI is InChI=1S/C10H8OS2/c11-7-10-8(3-5-13-10)6-9-2-1-4-12-9/h1-5,7H,6H2. The molecule has 0 fully saturated rings. The predicted molar refractivity (Wildman–Crippen MR) is 56.8 cm³/mol. The maximum atomic E-state index is 10.6. The lowest BCUT2D eigenvalue weighted by molar-refractivity contribution is 0.112. The molecule has 2 aromatic rings. The Bertz CT molecular complexity index is 387.